The molecule has 3 rings (SSSR count). The SMILES string of the molecule is Nc1ccc2c(c1)oc(=O)n2Cc1ccc(I)cc1. The smallest absolute Gasteiger partial charge is 0.408 e. The normalized spacial score (nSPS) is 11.0. The molecule has 0 aliphatic carbocycles. The maximum absolute atomic E-state index is 11.9. The van der Waals surface area contributed by atoms with Crippen molar-refractivity contribution in [2.45, 2.75) is 6.54 Å². The van der Waals surface area contributed by atoms with Crippen molar-refractivity contribution >= 4 is 39.4 Å². The first kappa shape index (κ1) is 12.3. The molecule has 3 aromatic rings. The van der Waals surface area contributed by atoms with E-state index in [1.807, 2.05) is 30.3 Å². The van der Waals surface area contributed by atoms with E-state index < -0.39 is 0 Å². The molecule has 2 aromatic carbocycles. The molecule has 0 saturated carbocycles. The molecule has 19 heavy (non-hydrogen) atoms. The summed E-state index contributed by atoms with van der Waals surface area (Å²) in [7, 11) is 0. The maximum atomic E-state index is 11.9. The van der Waals surface area contributed by atoms with Gasteiger partial charge in [0.15, 0.2) is 5.58 Å². The molecule has 0 spiro atoms. The van der Waals surface area contributed by atoms with Gasteiger partial charge in [-0.25, -0.2) is 4.79 Å². The third-order valence-electron chi connectivity index (χ3n) is 2.95. The second-order valence-corrected chi connectivity index (χ2v) is 5.55. The zero-order chi connectivity index (χ0) is 13.4. The van der Waals surface area contributed by atoms with E-state index in [9.17, 15) is 4.79 Å². The minimum atomic E-state index is -0.362. The van der Waals surface area contributed by atoms with Crippen LogP contribution >= 0.6 is 22.6 Å². The van der Waals surface area contributed by atoms with Crippen molar-refractivity contribution in [3.05, 3.63) is 62.1 Å². The molecule has 0 amide bonds. The van der Waals surface area contributed by atoms with Gasteiger partial charge in [-0.1, -0.05) is 12.1 Å². The molecule has 0 bridgehead atoms. The standard InChI is InChI=1S/C14H11IN2O2/c15-10-3-1-9(2-4-10)8-17-12-6-5-11(16)7-13(12)19-14(17)18/h1-7H,8,16H2. The Morgan fingerprint density at radius 3 is 2.63 bits per heavy atom. The van der Waals surface area contributed by atoms with E-state index in [0.717, 1.165) is 11.1 Å². The van der Waals surface area contributed by atoms with Crippen molar-refractivity contribution in [2.75, 3.05) is 5.73 Å². The first-order valence-corrected chi connectivity index (χ1v) is 6.85. The summed E-state index contributed by atoms with van der Waals surface area (Å²) in [6.07, 6.45) is 0. The van der Waals surface area contributed by atoms with Gasteiger partial charge in [-0.2, -0.15) is 0 Å². The Morgan fingerprint density at radius 2 is 1.89 bits per heavy atom. The molecule has 0 fully saturated rings. The molecule has 0 unspecified atom stereocenters. The van der Waals surface area contributed by atoms with Crippen LogP contribution in [-0.4, -0.2) is 4.57 Å². The van der Waals surface area contributed by atoms with E-state index >= 15 is 0 Å². The van der Waals surface area contributed by atoms with Crippen LogP contribution < -0.4 is 11.5 Å². The number of halogens is 1. The van der Waals surface area contributed by atoms with Crippen molar-refractivity contribution in [1.82, 2.24) is 4.57 Å². The Kier molecular flexibility index (Phi) is 3.06. The number of aromatic nitrogens is 1. The Morgan fingerprint density at radius 1 is 1.16 bits per heavy atom. The highest BCUT2D eigenvalue weighted by Crippen LogP contribution is 2.17. The van der Waals surface area contributed by atoms with E-state index in [-0.39, 0.29) is 5.76 Å². The molecular formula is C14H11IN2O2. The van der Waals surface area contributed by atoms with Gasteiger partial charge >= 0.3 is 5.76 Å². The maximum Gasteiger partial charge on any atom is 0.420 e. The molecule has 0 aliphatic rings. The predicted molar refractivity (Wildman–Crippen MR) is 83.1 cm³/mol. The van der Waals surface area contributed by atoms with Gasteiger partial charge in [0.05, 0.1) is 12.1 Å². The van der Waals surface area contributed by atoms with Gasteiger partial charge in [-0.05, 0) is 52.4 Å². The number of nitrogens with two attached hydrogens (primary N) is 1. The monoisotopic (exact) mass is 366 g/mol. The highest BCUT2D eigenvalue weighted by Gasteiger charge is 2.09. The zero-order valence-corrected chi connectivity index (χ0v) is 12.1. The van der Waals surface area contributed by atoms with Crippen molar-refractivity contribution < 1.29 is 4.42 Å². The molecule has 5 heteroatoms. The third kappa shape index (κ3) is 2.37. The van der Waals surface area contributed by atoms with Crippen LogP contribution in [0.25, 0.3) is 11.1 Å². The van der Waals surface area contributed by atoms with Crippen molar-refractivity contribution in [3.8, 4) is 0 Å². The van der Waals surface area contributed by atoms with E-state index in [1.54, 1.807) is 16.7 Å². The minimum absolute atomic E-state index is 0.362. The number of benzene rings is 2. The molecule has 1 heterocycles. The fourth-order valence-electron chi connectivity index (χ4n) is 2.01. The van der Waals surface area contributed by atoms with Crippen molar-refractivity contribution in [3.63, 3.8) is 0 Å². The van der Waals surface area contributed by atoms with Gasteiger partial charge in [0, 0.05) is 15.3 Å². The van der Waals surface area contributed by atoms with Crippen LogP contribution in [0.3, 0.4) is 0 Å². The van der Waals surface area contributed by atoms with E-state index in [1.165, 1.54) is 3.57 Å². The summed E-state index contributed by atoms with van der Waals surface area (Å²) >= 11 is 2.25. The van der Waals surface area contributed by atoms with Gasteiger partial charge in [0.2, 0.25) is 0 Å². The van der Waals surface area contributed by atoms with Crippen LogP contribution in [0.5, 0.6) is 0 Å². The lowest BCUT2D eigenvalue weighted by Gasteiger charge is -2.03. The number of fused-ring (bicyclic) bond motifs is 1. The number of rotatable bonds is 2. The van der Waals surface area contributed by atoms with Gasteiger partial charge < -0.3 is 10.2 Å². The topological polar surface area (TPSA) is 61.2 Å². The molecule has 0 aliphatic heterocycles. The Bertz CT molecular complexity index is 787. The molecule has 0 radical (unpaired) electrons. The molecule has 96 valence electrons. The Labute approximate surface area is 123 Å². The summed E-state index contributed by atoms with van der Waals surface area (Å²) in [6, 6.07) is 13.3. The molecule has 0 atom stereocenters. The molecule has 1 aromatic heterocycles. The molecule has 2 N–H and O–H groups in total. The largest absolute Gasteiger partial charge is 0.420 e. The summed E-state index contributed by atoms with van der Waals surface area (Å²) in [6.45, 7) is 0.493. The molecule has 0 saturated heterocycles. The Balaban J connectivity index is 2.07. The lowest BCUT2D eigenvalue weighted by atomic mass is 10.2. The van der Waals surface area contributed by atoms with Crippen molar-refractivity contribution in [1.29, 1.82) is 0 Å². The van der Waals surface area contributed by atoms with Crippen LogP contribution in [0.15, 0.2) is 51.7 Å². The lowest BCUT2D eigenvalue weighted by molar-refractivity contribution is 0.518. The summed E-state index contributed by atoms with van der Waals surface area (Å²) in [4.78, 5) is 11.9. The van der Waals surface area contributed by atoms with Crippen LogP contribution in [-0.2, 0) is 6.54 Å². The van der Waals surface area contributed by atoms with Crippen LogP contribution in [0.2, 0.25) is 0 Å². The summed E-state index contributed by atoms with van der Waals surface area (Å²) in [5, 5.41) is 0. The number of nitrogens with zero attached hydrogens (tertiary/aromatic N) is 1. The third-order valence-corrected chi connectivity index (χ3v) is 3.67. The fraction of sp³-hybridized carbons (Fsp3) is 0.0714. The first-order chi connectivity index (χ1) is 9.13. The summed E-state index contributed by atoms with van der Waals surface area (Å²) in [5.74, 6) is -0.362. The number of anilines is 1. The van der Waals surface area contributed by atoms with Gasteiger partial charge in [0.1, 0.15) is 0 Å². The number of oxazole rings is 1. The van der Waals surface area contributed by atoms with Crippen LogP contribution in [0.4, 0.5) is 5.69 Å². The van der Waals surface area contributed by atoms with E-state index in [4.69, 9.17) is 10.2 Å². The lowest BCUT2D eigenvalue weighted by Crippen LogP contribution is -2.14. The summed E-state index contributed by atoms with van der Waals surface area (Å²) in [5.41, 5.74) is 8.61. The minimum Gasteiger partial charge on any atom is -0.408 e. The Hall–Kier alpha value is -1.76. The highest BCUT2D eigenvalue weighted by molar-refractivity contribution is 14.1. The number of hydrogen-bond acceptors (Lipinski definition) is 3. The quantitative estimate of drug-likeness (QED) is 0.561. The first-order valence-electron chi connectivity index (χ1n) is 5.77. The average Bonchev–Trinajstić information content (AvgIpc) is 2.68. The fourth-order valence-corrected chi connectivity index (χ4v) is 2.36. The average molecular weight is 366 g/mol. The summed E-state index contributed by atoms with van der Waals surface area (Å²) < 4.78 is 7.98. The van der Waals surface area contributed by atoms with E-state index in [2.05, 4.69) is 22.6 Å². The molecule has 4 nitrogen and oxygen atoms in total. The van der Waals surface area contributed by atoms with Gasteiger partial charge in [-0.3, -0.25) is 4.57 Å². The van der Waals surface area contributed by atoms with Crippen LogP contribution in [0, 0.1) is 3.57 Å². The second kappa shape index (κ2) is 4.73. The van der Waals surface area contributed by atoms with Crippen LogP contribution in [0.1, 0.15) is 5.56 Å². The number of nitrogen functional groups attached to an aromatic ring is 1. The zero-order valence-electron chi connectivity index (χ0n) is 9.97. The number of hydrogen-bond donors (Lipinski definition) is 1. The van der Waals surface area contributed by atoms with Gasteiger partial charge in [0.25, 0.3) is 0 Å². The predicted octanol–water partition coefficient (Wildman–Crippen LogP) is 2.83. The molecular weight excluding hydrogens is 355 g/mol. The second-order valence-electron chi connectivity index (χ2n) is 4.31. The highest BCUT2D eigenvalue weighted by atomic mass is 127. The van der Waals surface area contributed by atoms with E-state index in [0.29, 0.717) is 17.8 Å². The van der Waals surface area contributed by atoms with Gasteiger partial charge in [-0.15, -0.1) is 0 Å². The van der Waals surface area contributed by atoms with Crippen molar-refractivity contribution in [2.24, 2.45) is 0 Å².